The lowest BCUT2D eigenvalue weighted by Crippen LogP contribution is -2.46. The topological polar surface area (TPSA) is 76.5 Å². The monoisotopic (exact) mass is 524 g/mol. The van der Waals surface area contributed by atoms with E-state index in [1.54, 1.807) is 12.1 Å². The molecule has 37 heavy (non-hydrogen) atoms. The van der Waals surface area contributed by atoms with E-state index in [2.05, 4.69) is 38.0 Å². The summed E-state index contributed by atoms with van der Waals surface area (Å²) in [6.45, 7) is 8.62. The second-order valence-electron chi connectivity index (χ2n) is 11.2. The summed E-state index contributed by atoms with van der Waals surface area (Å²) in [5, 5.41) is 3.98. The highest BCUT2D eigenvalue weighted by molar-refractivity contribution is 6.31. The van der Waals surface area contributed by atoms with Crippen LogP contribution in [0.3, 0.4) is 0 Å². The van der Waals surface area contributed by atoms with E-state index in [1.165, 1.54) is 0 Å². The number of likely N-dealkylation sites (tertiary alicyclic amines) is 1. The van der Waals surface area contributed by atoms with E-state index in [0.29, 0.717) is 29.0 Å². The average Bonchev–Trinajstić information content (AvgIpc) is 2.85. The molecule has 1 aliphatic heterocycles. The molecule has 4 rings (SSSR count). The molecule has 1 saturated heterocycles. The number of nitrogens with one attached hydrogen (secondary N) is 1. The molecule has 2 atom stereocenters. The molecule has 0 radical (unpaired) electrons. The molecule has 198 valence electrons. The van der Waals surface area contributed by atoms with Gasteiger partial charge in [0.25, 0.3) is 5.56 Å². The number of alkyl carbamates (subject to hydrolysis) is 1. The van der Waals surface area contributed by atoms with Gasteiger partial charge in [0, 0.05) is 30.1 Å². The van der Waals surface area contributed by atoms with Crippen molar-refractivity contribution < 1.29 is 9.53 Å². The maximum atomic E-state index is 13.7. The zero-order valence-corrected chi connectivity index (χ0v) is 22.9. The Balaban J connectivity index is 1.55. The second kappa shape index (κ2) is 11.7. The molecule has 2 heterocycles. The number of piperidine rings is 1. The van der Waals surface area contributed by atoms with E-state index in [4.69, 9.17) is 21.3 Å². The molecule has 1 fully saturated rings. The summed E-state index contributed by atoms with van der Waals surface area (Å²) in [6.07, 6.45) is 2.26. The number of ether oxygens (including phenoxy) is 1. The molecule has 0 spiro atoms. The zero-order valence-electron chi connectivity index (χ0n) is 22.2. The van der Waals surface area contributed by atoms with Crippen LogP contribution >= 0.6 is 11.6 Å². The Kier molecular flexibility index (Phi) is 8.55. The second-order valence-corrected chi connectivity index (χ2v) is 11.6. The van der Waals surface area contributed by atoms with Crippen LogP contribution in [0.1, 0.15) is 57.3 Å². The lowest BCUT2D eigenvalue weighted by atomic mass is 9.85. The van der Waals surface area contributed by atoms with Gasteiger partial charge in [0.1, 0.15) is 12.4 Å². The number of halogens is 1. The average molecular weight is 525 g/mol. The molecule has 7 nitrogen and oxygen atoms in total. The van der Waals surface area contributed by atoms with Gasteiger partial charge in [-0.1, -0.05) is 62.7 Å². The van der Waals surface area contributed by atoms with E-state index in [-0.39, 0.29) is 29.5 Å². The minimum absolute atomic E-state index is 0.0491. The molecule has 1 N–H and O–H groups in total. The van der Waals surface area contributed by atoms with Crippen molar-refractivity contribution in [3.05, 3.63) is 75.3 Å². The Labute approximate surface area is 223 Å². The molecular formula is C29H37ClN4O3. The first-order chi connectivity index (χ1) is 17.6. The molecular weight excluding hydrogens is 488 g/mol. The minimum atomic E-state index is -0.427. The summed E-state index contributed by atoms with van der Waals surface area (Å²) in [6, 6.07) is 15.1. The predicted molar refractivity (Wildman–Crippen MR) is 148 cm³/mol. The van der Waals surface area contributed by atoms with Gasteiger partial charge in [0.2, 0.25) is 0 Å². The summed E-state index contributed by atoms with van der Waals surface area (Å²) in [7, 11) is 2.11. The highest BCUT2D eigenvalue weighted by atomic mass is 35.5. The Morgan fingerprint density at radius 3 is 2.68 bits per heavy atom. The maximum Gasteiger partial charge on any atom is 0.407 e. The number of amides is 1. The third-order valence-corrected chi connectivity index (χ3v) is 7.12. The number of carbonyl (C=O) groups is 1. The van der Waals surface area contributed by atoms with Crippen molar-refractivity contribution in [1.82, 2.24) is 19.8 Å². The van der Waals surface area contributed by atoms with E-state index in [0.717, 1.165) is 37.2 Å². The number of benzene rings is 2. The van der Waals surface area contributed by atoms with Crippen LogP contribution in [0, 0.1) is 5.41 Å². The molecule has 0 saturated carbocycles. The summed E-state index contributed by atoms with van der Waals surface area (Å²) in [5.41, 5.74) is 1.47. The number of rotatable bonds is 7. The third kappa shape index (κ3) is 6.90. The number of fused-ring (bicyclic) bond motifs is 1. The Hall–Kier alpha value is -2.90. The van der Waals surface area contributed by atoms with Crippen LogP contribution in [0.5, 0.6) is 0 Å². The van der Waals surface area contributed by atoms with Crippen LogP contribution < -0.4 is 10.9 Å². The number of likely N-dealkylation sites (N-methyl/N-ethyl adjacent to an activating group) is 1. The van der Waals surface area contributed by atoms with Gasteiger partial charge in [0.05, 0.1) is 10.9 Å². The number of hydrogen-bond donors (Lipinski definition) is 1. The van der Waals surface area contributed by atoms with E-state index < -0.39 is 6.09 Å². The fourth-order valence-corrected chi connectivity index (χ4v) is 5.34. The van der Waals surface area contributed by atoms with Gasteiger partial charge in [-0.15, -0.1) is 0 Å². The van der Waals surface area contributed by atoms with Crippen LogP contribution in [-0.2, 0) is 17.9 Å². The van der Waals surface area contributed by atoms with Crippen molar-refractivity contribution in [3.8, 4) is 0 Å². The van der Waals surface area contributed by atoms with Crippen molar-refractivity contribution in [3.63, 3.8) is 0 Å². The molecule has 2 unspecified atom stereocenters. The zero-order chi connectivity index (χ0) is 26.6. The highest BCUT2D eigenvalue weighted by Crippen LogP contribution is 2.34. The van der Waals surface area contributed by atoms with Crippen LogP contribution in [-0.4, -0.2) is 46.7 Å². The summed E-state index contributed by atoms with van der Waals surface area (Å²) < 4.78 is 7.23. The number of carbonyl (C=O) groups excluding carboxylic acids is 1. The molecule has 3 aromatic rings. The number of nitrogens with zero attached hydrogens (tertiary/aromatic N) is 3. The van der Waals surface area contributed by atoms with E-state index in [1.807, 2.05) is 41.0 Å². The molecule has 1 aromatic heterocycles. The normalized spacial score (nSPS) is 18.6. The Morgan fingerprint density at radius 2 is 1.95 bits per heavy atom. The molecule has 8 heteroatoms. The van der Waals surface area contributed by atoms with Crippen molar-refractivity contribution in [2.75, 3.05) is 20.1 Å². The van der Waals surface area contributed by atoms with Crippen molar-refractivity contribution in [2.45, 2.75) is 65.1 Å². The Morgan fingerprint density at radius 1 is 1.19 bits per heavy atom. The smallest absolute Gasteiger partial charge is 0.407 e. The summed E-state index contributed by atoms with van der Waals surface area (Å²) in [4.78, 5) is 33.4. The van der Waals surface area contributed by atoms with Gasteiger partial charge in [-0.25, -0.2) is 9.78 Å². The van der Waals surface area contributed by atoms with E-state index in [9.17, 15) is 9.59 Å². The lowest BCUT2D eigenvalue weighted by Gasteiger charge is -2.40. The highest BCUT2D eigenvalue weighted by Gasteiger charge is 2.34. The Bertz CT molecular complexity index is 1290. The van der Waals surface area contributed by atoms with Crippen LogP contribution in [0.2, 0.25) is 5.02 Å². The fourth-order valence-electron chi connectivity index (χ4n) is 5.17. The lowest BCUT2D eigenvalue weighted by molar-refractivity contribution is 0.128. The van der Waals surface area contributed by atoms with Gasteiger partial charge >= 0.3 is 6.09 Å². The molecule has 0 bridgehead atoms. The molecule has 1 aliphatic rings. The third-order valence-electron chi connectivity index (χ3n) is 6.89. The maximum absolute atomic E-state index is 13.7. The van der Waals surface area contributed by atoms with Crippen molar-refractivity contribution >= 4 is 28.6 Å². The first-order valence-electron chi connectivity index (χ1n) is 13.0. The first kappa shape index (κ1) is 27.1. The van der Waals surface area contributed by atoms with Gasteiger partial charge < -0.3 is 15.0 Å². The molecule has 0 aliphatic carbocycles. The SMILES string of the molecule is CN1CCCC(c2nc3ccc(Cl)cc3c(=O)n2CC(C)(C)C)C1CCNC(=O)OCc1ccccc1. The van der Waals surface area contributed by atoms with E-state index >= 15 is 0 Å². The van der Waals surface area contributed by atoms with Gasteiger partial charge in [0.15, 0.2) is 0 Å². The van der Waals surface area contributed by atoms with Gasteiger partial charge in [-0.3, -0.25) is 9.36 Å². The van der Waals surface area contributed by atoms with Crippen LogP contribution in [0.15, 0.2) is 53.3 Å². The largest absolute Gasteiger partial charge is 0.445 e. The van der Waals surface area contributed by atoms with Crippen molar-refractivity contribution in [1.29, 1.82) is 0 Å². The predicted octanol–water partition coefficient (Wildman–Crippen LogP) is 5.59. The molecule has 1 amide bonds. The number of hydrogen-bond acceptors (Lipinski definition) is 5. The first-order valence-corrected chi connectivity index (χ1v) is 13.3. The quantitative estimate of drug-likeness (QED) is 0.436. The standard InChI is InChI=1S/C29H37ClN4O3/c1-29(2,3)19-34-26(32-24-13-12-21(30)17-23(24)27(34)35)22-11-8-16-33(4)25(22)14-15-31-28(36)37-18-20-9-6-5-7-10-20/h5-7,9-10,12-13,17,22,25H,8,11,14-16,18-19H2,1-4H3,(H,31,36). The van der Waals surface area contributed by atoms with Gasteiger partial charge in [-0.2, -0.15) is 0 Å². The molecule has 2 aromatic carbocycles. The fraction of sp³-hybridized carbons (Fsp3) is 0.483. The van der Waals surface area contributed by atoms with Crippen LogP contribution in [0.4, 0.5) is 4.79 Å². The van der Waals surface area contributed by atoms with Crippen molar-refractivity contribution in [2.24, 2.45) is 5.41 Å². The number of aromatic nitrogens is 2. The van der Waals surface area contributed by atoms with Gasteiger partial charge in [-0.05, 0) is 62.0 Å². The van der Waals surface area contributed by atoms with Crippen LogP contribution in [0.25, 0.3) is 10.9 Å². The summed E-state index contributed by atoms with van der Waals surface area (Å²) in [5.74, 6) is 0.883. The summed E-state index contributed by atoms with van der Waals surface area (Å²) >= 11 is 6.22. The minimum Gasteiger partial charge on any atom is -0.445 e.